The van der Waals surface area contributed by atoms with Gasteiger partial charge < -0.3 is 5.32 Å². The van der Waals surface area contributed by atoms with Crippen LogP contribution in [0.3, 0.4) is 0 Å². The Balaban J connectivity index is 2.36. The normalized spacial score (nSPS) is 13.0. The van der Waals surface area contributed by atoms with Crippen LogP contribution in [0.25, 0.3) is 0 Å². The second-order valence-electron chi connectivity index (χ2n) is 2.92. The van der Waals surface area contributed by atoms with E-state index in [2.05, 4.69) is 20.6 Å². The van der Waals surface area contributed by atoms with Crippen molar-refractivity contribution in [2.45, 2.75) is 6.04 Å². The van der Waals surface area contributed by atoms with Gasteiger partial charge in [0.15, 0.2) is 0 Å². The van der Waals surface area contributed by atoms with Crippen molar-refractivity contribution in [1.29, 1.82) is 0 Å². The lowest BCUT2D eigenvalue weighted by Crippen LogP contribution is -2.20. The third-order valence-corrected chi connectivity index (χ3v) is 2.69. The zero-order valence-electron chi connectivity index (χ0n) is 8.01. The maximum Gasteiger partial charge on any atom is 0.0944 e. The predicted molar refractivity (Wildman–Crippen MR) is 54.0 cm³/mol. The van der Waals surface area contributed by atoms with Crippen LogP contribution in [-0.4, -0.2) is 27.0 Å². The van der Waals surface area contributed by atoms with Crippen LogP contribution in [0.15, 0.2) is 17.1 Å². The second kappa shape index (κ2) is 3.85. The molecule has 0 aliphatic rings. The van der Waals surface area contributed by atoms with Crippen LogP contribution >= 0.6 is 11.3 Å². The Morgan fingerprint density at radius 3 is 2.93 bits per heavy atom. The fourth-order valence-electron chi connectivity index (χ4n) is 1.37. The molecule has 0 amide bonds. The average molecular weight is 209 g/mol. The minimum Gasteiger partial charge on any atom is -0.307 e. The molecule has 0 aliphatic heterocycles. The first-order valence-electron chi connectivity index (χ1n) is 4.23. The fraction of sp³-hybridized carbons (Fsp3) is 0.375. The number of hydrogen-bond donors (Lipinski definition) is 1. The van der Waals surface area contributed by atoms with Gasteiger partial charge >= 0.3 is 0 Å². The van der Waals surface area contributed by atoms with E-state index < -0.39 is 0 Å². The third-order valence-electron chi connectivity index (χ3n) is 2.08. The highest BCUT2D eigenvalue weighted by molar-refractivity contribution is 7.07. The quantitative estimate of drug-likeness (QED) is 0.803. The van der Waals surface area contributed by atoms with Gasteiger partial charge in [0.2, 0.25) is 0 Å². The van der Waals surface area contributed by atoms with E-state index in [9.17, 15) is 0 Å². The number of hydrogen-bond acceptors (Lipinski definition) is 5. The Bertz CT molecular complexity index is 394. The molecule has 74 valence electrons. The molecule has 0 spiro atoms. The number of nitrogens with zero attached hydrogens (tertiary/aromatic N) is 4. The summed E-state index contributed by atoms with van der Waals surface area (Å²) in [6.45, 7) is 0. The zero-order valence-corrected chi connectivity index (χ0v) is 8.82. The molecule has 0 radical (unpaired) electrons. The number of rotatable bonds is 3. The largest absolute Gasteiger partial charge is 0.307 e. The highest BCUT2D eigenvalue weighted by Crippen LogP contribution is 2.19. The second-order valence-corrected chi connectivity index (χ2v) is 3.64. The predicted octanol–water partition coefficient (Wildman–Crippen LogP) is 0.580. The molecule has 0 bridgehead atoms. The number of aromatic nitrogens is 4. The summed E-state index contributed by atoms with van der Waals surface area (Å²) in [7, 11) is 3.77. The van der Waals surface area contributed by atoms with Crippen molar-refractivity contribution >= 4 is 11.3 Å². The Labute approximate surface area is 85.8 Å². The summed E-state index contributed by atoms with van der Waals surface area (Å²) in [5.74, 6) is 0. The maximum absolute atomic E-state index is 4.27. The van der Waals surface area contributed by atoms with Gasteiger partial charge in [-0.2, -0.15) is 0 Å². The van der Waals surface area contributed by atoms with Gasteiger partial charge in [0.05, 0.1) is 29.1 Å². The topological polar surface area (TPSA) is 55.6 Å². The number of nitrogens with one attached hydrogen (secondary N) is 1. The van der Waals surface area contributed by atoms with E-state index in [4.69, 9.17) is 0 Å². The first-order valence-corrected chi connectivity index (χ1v) is 5.17. The van der Waals surface area contributed by atoms with Crippen molar-refractivity contribution in [3.8, 4) is 0 Å². The molecule has 6 heteroatoms. The highest BCUT2D eigenvalue weighted by atomic mass is 32.1. The van der Waals surface area contributed by atoms with Crippen molar-refractivity contribution in [2.75, 3.05) is 7.05 Å². The molecule has 0 fully saturated rings. The van der Waals surface area contributed by atoms with Crippen LogP contribution in [-0.2, 0) is 7.05 Å². The van der Waals surface area contributed by atoms with Gasteiger partial charge in [-0.3, -0.25) is 4.68 Å². The smallest absolute Gasteiger partial charge is 0.0944 e. The summed E-state index contributed by atoms with van der Waals surface area (Å²) in [5.41, 5.74) is 3.84. The van der Waals surface area contributed by atoms with E-state index >= 15 is 0 Å². The summed E-state index contributed by atoms with van der Waals surface area (Å²) < 4.78 is 1.75. The molecular formula is C8H11N5S. The van der Waals surface area contributed by atoms with Crippen molar-refractivity contribution in [3.63, 3.8) is 0 Å². The fourth-order valence-corrected chi connectivity index (χ4v) is 1.95. The maximum atomic E-state index is 4.27. The van der Waals surface area contributed by atoms with Gasteiger partial charge in [-0.15, -0.1) is 16.4 Å². The monoisotopic (exact) mass is 209 g/mol. The Kier molecular flexibility index (Phi) is 2.55. The average Bonchev–Trinajstić information content (AvgIpc) is 2.80. The molecule has 0 saturated carbocycles. The van der Waals surface area contributed by atoms with Crippen LogP contribution < -0.4 is 5.32 Å². The standard InChI is InChI=1S/C8H11N5S/c1-9-8(6-4-14-5-10-6)7-3-11-12-13(7)2/h3-5,8-9H,1-2H3. The van der Waals surface area contributed by atoms with Crippen LogP contribution in [0.2, 0.25) is 0 Å². The van der Waals surface area contributed by atoms with Gasteiger partial charge in [0.1, 0.15) is 0 Å². The first kappa shape index (κ1) is 9.29. The molecule has 1 atom stereocenters. The van der Waals surface area contributed by atoms with Gasteiger partial charge in [-0.05, 0) is 7.05 Å². The SMILES string of the molecule is CNC(c1cscn1)c1cnnn1C. The van der Waals surface area contributed by atoms with Gasteiger partial charge in [0.25, 0.3) is 0 Å². The summed E-state index contributed by atoms with van der Waals surface area (Å²) in [6, 6.07) is 0.0706. The molecule has 0 saturated heterocycles. The molecule has 2 rings (SSSR count). The lowest BCUT2D eigenvalue weighted by Gasteiger charge is -2.12. The van der Waals surface area contributed by atoms with E-state index in [-0.39, 0.29) is 6.04 Å². The zero-order chi connectivity index (χ0) is 9.97. The molecule has 14 heavy (non-hydrogen) atoms. The molecule has 0 aliphatic carbocycles. The first-order chi connectivity index (χ1) is 6.83. The van der Waals surface area contributed by atoms with E-state index in [1.165, 1.54) is 0 Å². The molecule has 1 N–H and O–H groups in total. The lowest BCUT2D eigenvalue weighted by molar-refractivity contribution is 0.590. The summed E-state index contributed by atoms with van der Waals surface area (Å²) >= 11 is 1.59. The minimum absolute atomic E-state index is 0.0706. The summed E-state index contributed by atoms with van der Waals surface area (Å²) in [4.78, 5) is 4.27. The van der Waals surface area contributed by atoms with Crippen LogP contribution in [0.5, 0.6) is 0 Å². The van der Waals surface area contributed by atoms with Crippen molar-refractivity contribution < 1.29 is 0 Å². The van der Waals surface area contributed by atoms with Crippen molar-refractivity contribution in [1.82, 2.24) is 25.3 Å². The van der Waals surface area contributed by atoms with E-state index in [1.54, 1.807) is 22.2 Å². The molecule has 2 aromatic rings. The number of aryl methyl sites for hydroxylation is 1. The van der Waals surface area contributed by atoms with Gasteiger partial charge in [-0.1, -0.05) is 5.21 Å². The summed E-state index contributed by atoms with van der Waals surface area (Å²) in [5, 5.41) is 13.0. The van der Waals surface area contributed by atoms with E-state index in [0.29, 0.717) is 0 Å². The van der Waals surface area contributed by atoms with Crippen LogP contribution in [0, 0.1) is 0 Å². The summed E-state index contributed by atoms with van der Waals surface area (Å²) in [6.07, 6.45) is 1.75. The van der Waals surface area contributed by atoms with E-state index in [0.717, 1.165) is 11.4 Å². The lowest BCUT2D eigenvalue weighted by atomic mass is 10.2. The van der Waals surface area contributed by atoms with Crippen LogP contribution in [0.1, 0.15) is 17.4 Å². The third kappa shape index (κ3) is 1.53. The van der Waals surface area contributed by atoms with Crippen LogP contribution in [0.4, 0.5) is 0 Å². The Hall–Kier alpha value is -1.27. The molecular weight excluding hydrogens is 198 g/mol. The Morgan fingerprint density at radius 2 is 2.43 bits per heavy atom. The number of thiazole rings is 1. The molecule has 2 aromatic heterocycles. The van der Waals surface area contributed by atoms with Gasteiger partial charge in [0, 0.05) is 12.4 Å². The highest BCUT2D eigenvalue weighted by Gasteiger charge is 2.17. The molecule has 2 heterocycles. The Morgan fingerprint density at radius 1 is 1.57 bits per heavy atom. The molecule has 0 aromatic carbocycles. The van der Waals surface area contributed by atoms with Crippen molar-refractivity contribution in [2.24, 2.45) is 7.05 Å². The van der Waals surface area contributed by atoms with Crippen molar-refractivity contribution in [3.05, 3.63) is 28.5 Å². The minimum atomic E-state index is 0.0706. The van der Waals surface area contributed by atoms with Gasteiger partial charge in [-0.25, -0.2) is 4.98 Å². The molecule has 5 nitrogen and oxygen atoms in total. The van der Waals surface area contributed by atoms with E-state index in [1.807, 2.05) is 25.0 Å². The molecule has 1 unspecified atom stereocenters.